The van der Waals surface area contributed by atoms with Gasteiger partial charge in [0.2, 0.25) is 0 Å². The second kappa shape index (κ2) is 30.0. The molecule has 13 aliphatic rings. The third-order valence-corrected chi connectivity index (χ3v) is 16.1. The maximum atomic E-state index is 2.60. The molecular formula is C53H113N5. The van der Waals surface area contributed by atoms with Crippen molar-refractivity contribution >= 4 is 0 Å². The molecule has 10 bridgehead atoms. The summed E-state index contributed by atoms with van der Waals surface area (Å²) in [7, 11) is 11.4. The van der Waals surface area contributed by atoms with Gasteiger partial charge in [0.1, 0.15) is 0 Å². The number of fused-ring (bicyclic) bond motifs is 11. The van der Waals surface area contributed by atoms with Crippen LogP contribution in [0, 0.1) is 41.4 Å². The summed E-state index contributed by atoms with van der Waals surface area (Å²) >= 11 is 0. The van der Waals surface area contributed by atoms with Crippen LogP contribution in [0.25, 0.3) is 0 Å². The molecule has 12 atom stereocenters. The number of hydrogen-bond acceptors (Lipinski definition) is 5. The zero-order valence-electron chi connectivity index (χ0n) is 42.9. The van der Waals surface area contributed by atoms with Crippen molar-refractivity contribution in [2.24, 2.45) is 41.4 Å². The third-order valence-electron chi connectivity index (χ3n) is 16.1. The Bertz CT molecular complexity index is 880. The molecule has 0 aromatic heterocycles. The highest BCUT2D eigenvalue weighted by Gasteiger charge is 2.43. The molecule has 5 nitrogen and oxygen atoms in total. The van der Waals surface area contributed by atoms with E-state index in [1.807, 2.05) is 69.2 Å². The minimum Gasteiger partial charge on any atom is -0.303 e. The molecule has 13 rings (SSSR count). The van der Waals surface area contributed by atoms with E-state index in [4.69, 9.17) is 0 Å². The number of piperidine rings is 6. The van der Waals surface area contributed by atoms with Crippen molar-refractivity contribution in [2.45, 2.75) is 256 Å². The molecule has 350 valence electrons. The van der Waals surface area contributed by atoms with Gasteiger partial charge < -0.3 is 24.5 Å². The van der Waals surface area contributed by atoms with Crippen molar-refractivity contribution in [3.8, 4) is 0 Å². The molecule has 0 amide bonds. The average molecular weight is 821 g/mol. The van der Waals surface area contributed by atoms with Crippen molar-refractivity contribution in [1.82, 2.24) is 24.5 Å². The summed E-state index contributed by atoms with van der Waals surface area (Å²) in [6.45, 7) is 34.7. The van der Waals surface area contributed by atoms with Crippen molar-refractivity contribution in [3.05, 3.63) is 0 Å². The van der Waals surface area contributed by atoms with Crippen molar-refractivity contribution in [2.75, 3.05) is 48.3 Å². The van der Waals surface area contributed by atoms with E-state index in [0.717, 1.165) is 89.8 Å². The van der Waals surface area contributed by atoms with Gasteiger partial charge >= 0.3 is 0 Å². The minimum atomic E-state index is 0. The molecule has 0 radical (unpaired) electrons. The van der Waals surface area contributed by atoms with Gasteiger partial charge in [0, 0.05) is 61.4 Å². The lowest BCUT2D eigenvalue weighted by Gasteiger charge is -2.53. The van der Waals surface area contributed by atoms with Crippen LogP contribution < -0.4 is 0 Å². The highest BCUT2D eigenvalue weighted by Crippen LogP contribution is 2.42. The molecular weight excluding hydrogens is 707 g/mol. The van der Waals surface area contributed by atoms with Crippen LogP contribution in [0.5, 0.6) is 0 Å². The van der Waals surface area contributed by atoms with Crippen LogP contribution >= 0.6 is 0 Å². The van der Waals surface area contributed by atoms with Gasteiger partial charge in [-0.05, 0) is 173 Å². The van der Waals surface area contributed by atoms with Gasteiger partial charge in [0.05, 0.1) is 0 Å². The Balaban J connectivity index is 0.000000661. The highest BCUT2D eigenvalue weighted by molar-refractivity contribution is 4.98. The Kier molecular flexibility index (Phi) is 29.9. The monoisotopic (exact) mass is 820 g/mol. The first-order chi connectivity index (χ1) is 27.4. The smallest absolute Gasteiger partial charge is 0.0113 e. The van der Waals surface area contributed by atoms with E-state index in [2.05, 4.69) is 94.4 Å². The first-order valence-corrected chi connectivity index (χ1v) is 25.9. The van der Waals surface area contributed by atoms with Crippen LogP contribution in [0.1, 0.15) is 208 Å². The quantitative estimate of drug-likeness (QED) is 0.241. The second-order valence-electron chi connectivity index (χ2n) is 19.6. The van der Waals surface area contributed by atoms with Crippen molar-refractivity contribution in [1.29, 1.82) is 0 Å². The molecule has 0 spiro atoms. The summed E-state index contributed by atoms with van der Waals surface area (Å²) in [6.07, 6.45) is 22.0. The normalized spacial score (nSPS) is 40.7. The summed E-state index contributed by atoms with van der Waals surface area (Å²) in [5.74, 6) is 7.10. The molecule has 0 N–H and O–H groups in total. The van der Waals surface area contributed by atoms with Gasteiger partial charge in [-0.1, -0.05) is 111 Å². The molecule has 13 fully saturated rings. The van der Waals surface area contributed by atoms with E-state index in [1.54, 1.807) is 0 Å². The minimum absolute atomic E-state index is 0. The van der Waals surface area contributed by atoms with Crippen molar-refractivity contribution in [3.63, 3.8) is 0 Å². The lowest BCUT2D eigenvalue weighted by Crippen LogP contribution is -2.58. The van der Waals surface area contributed by atoms with Gasteiger partial charge in [-0.15, -0.1) is 0 Å². The maximum Gasteiger partial charge on any atom is 0.0113 e. The predicted molar refractivity (Wildman–Crippen MR) is 264 cm³/mol. The van der Waals surface area contributed by atoms with Gasteiger partial charge in [-0.3, -0.25) is 0 Å². The van der Waals surface area contributed by atoms with Crippen LogP contribution in [-0.4, -0.2) is 121 Å². The standard InChI is InChI=1S/2C9H17N.3C8H15N.5C2H6.CH4/c1-7-5-9-4-3-8(7)6-10(9)2;1-7-5-8-3-4-9(6-7)10(8)2;1-6-3-8-4-7(6)5-9(8)2;2*1-6-3-7-5-8(4-6)9(7)2;5*1-2;/h2*7-9H,3-6H2,1-2H3;3*6-8H,3-5H2,1-2H3;5*1-2H3;1H4. The highest BCUT2D eigenvalue weighted by atomic mass is 15.2. The van der Waals surface area contributed by atoms with E-state index in [-0.39, 0.29) is 7.43 Å². The van der Waals surface area contributed by atoms with Gasteiger partial charge in [0.15, 0.2) is 0 Å². The van der Waals surface area contributed by atoms with E-state index < -0.39 is 0 Å². The van der Waals surface area contributed by atoms with Gasteiger partial charge in [-0.2, -0.15) is 0 Å². The van der Waals surface area contributed by atoms with Gasteiger partial charge in [-0.25, -0.2) is 0 Å². The zero-order valence-corrected chi connectivity index (χ0v) is 42.9. The van der Waals surface area contributed by atoms with E-state index in [0.29, 0.717) is 0 Å². The van der Waals surface area contributed by atoms with E-state index in [1.165, 1.54) is 109 Å². The molecule has 9 aliphatic heterocycles. The predicted octanol–water partition coefficient (Wildman–Crippen LogP) is 13.7. The molecule has 12 unspecified atom stereocenters. The van der Waals surface area contributed by atoms with Crippen LogP contribution in [0.2, 0.25) is 0 Å². The van der Waals surface area contributed by atoms with Crippen LogP contribution in [0.3, 0.4) is 0 Å². The largest absolute Gasteiger partial charge is 0.303 e. The summed E-state index contributed by atoms with van der Waals surface area (Å²) in [5.41, 5.74) is 0. The first-order valence-electron chi connectivity index (χ1n) is 25.9. The summed E-state index contributed by atoms with van der Waals surface area (Å²) in [6, 6.07) is 7.59. The molecule has 0 aromatic carbocycles. The molecule has 4 aliphatic carbocycles. The van der Waals surface area contributed by atoms with E-state index in [9.17, 15) is 0 Å². The fraction of sp³-hybridized carbons (Fsp3) is 1.00. The Labute approximate surface area is 369 Å². The van der Waals surface area contributed by atoms with Gasteiger partial charge in [0.25, 0.3) is 0 Å². The average Bonchev–Trinajstić information content (AvgIpc) is 3.86. The van der Waals surface area contributed by atoms with Crippen LogP contribution in [-0.2, 0) is 0 Å². The zero-order chi connectivity index (χ0) is 43.6. The number of nitrogens with zero attached hydrogens (tertiary/aromatic N) is 5. The van der Waals surface area contributed by atoms with E-state index >= 15 is 0 Å². The van der Waals surface area contributed by atoms with Crippen LogP contribution in [0.4, 0.5) is 0 Å². The summed E-state index contributed by atoms with van der Waals surface area (Å²) < 4.78 is 0. The molecule has 9 saturated heterocycles. The third kappa shape index (κ3) is 16.2. The number of likely N-dealkylation sites (tertiary alicyclic amines) is 1. The Morgan fingerprint density at radius 3 is 0.810 bits per heavy atom. The van der Waals surface area contributed by atoms with Crippen LogP contribution in [0.15, 0.2) is 0 Å². The fourth-order valence-electron chi connectivity index (χ4n) is 12.5. The topological polar surface area (TPSA) is 16.2 Å². The molecule has 0 aromatic rings. The lowest BCUT2D eigenvalue weighted by atomic mass is 9.73. The number of hydrogen-bond donors (Lipinski definition) is 0. The number of rotatable bonds is 0. The van der Waals surface area contributed by atoms with Crippen molar-refractivity contribution < 1.29 is 0 Å². The lowest BCUT2D eigenvalue weighted by molar-refractivity contribution is -0.0258. The molecule has 58 heavy (non-hydrogen) atoms. The maximum absolute atomic E-state index is 2.60. The Hall–Kier alpha value is -0.200. The Morgan fingerprint density at radius 1 is 0.293 bits per heavy atom. The Morgan fingerprint density at radius 2 is 0.586 bits per heavy atom. The SMILES string of the molecule is C.CC.CC.CC.CC.CC.CC1CC2CC(C1)N2C.CC1CC2CC(C1)N2C.CC1CC2CC1CN2C.CC1CC2CCC(C1)N2C.CC1CC2CCC1CN2C. The summed E-state index contributed by atoms with van der Waals surface area (Å²) in [4.78, 5) is 12.7. The second-order valence-corrected chi connectivity index (χ2v) is 19.6. The molecule has 9 heterocycles. The molecule has 4 saturated carbocycles. The summed E-state index contributed by atoms with van der Waals surface area (Å²) in [5, 5.41) is 0. The fourth-order valence-corrected chi connectivity index (χ4v) is 12.5. The first kappa shape index (κ1) is 57.8. The molecule has 5 heteroatoms.